The molecular formula is C13H15N3O2. The van der Waals surface area contributed by atoms with E-state index in [1.54, 1.807) is 20.3 Å². The Balaban J connectivity index is 2.66. The maximum Gasteiger partial charge on any atom is 0.170 e. The lowest BCUT2D eigenvalue weighted by Crippen LogP contribution is -1.97. The molecule has 1 aromatic heterocycles. The van der Waals surface area contributed by atoms with E-state index in [-0.39, 0.29) is 0 Å². The van der Waals surface area contributed by atoms with E-state index in [1.165, 1.54) is 6.33 Å². The van der Waals surface area contributed by atoms with E-state index in [1.807, 2.05) is 19.1 Å². The van der Waals surface area contributed by atoms with E-state index in [4.69, 9.17) is 15.2 Å². The molecule has 0 atom stereocenters. The third-order valence-electron chi connectivity index (χ3n) is 2.59. The van der Waals surface area contributed by atoms with E-state index < -0.39 is 0 Å². The zero-order valence-corrected chi connectivity index (χ0v) is 10.6. The Bertz CT molecular complexity index is 570. The second-order valence-electron chi connectivity index (χ2n) is 3.88. The molecule has 0 saturated heterocycles. The second kappa shape index (κ2) is 4.91. The first-order valence-electron chi connectivity index (χ1n) is 5.46. The van der Waals surface area contributed by atoms with Gasteiger partial charge in [-0.15, -0.1) is 0 Å². The Kier molecular flexibility index (Phi) is 3.32. The van der Waals surface area contributed by atoms with Crippen molar-refractivity contribution in [1.29, 1.82) is 0 Å². The van der Waals surface area contributed by atoms with Crippen molar-refractivity contribution in [2.24, 2.45) is 0 Å². The highest BCUT2D eigenvalue weighted by molar-refractivity contribution is 5.73. The maximum absolute atomic E-state index is 5.67. The van der Waals surface area contributed by atoms with Gasteiger partial charge in [-0.05, 0) is 24.6 Å². The molecule has 5 heteroatoms. The number of nitrogens with zero attached hydrogens (tertiary/aromatic N) is 2. The minimum Gasteiger partial charge on any atom is -0.493 e. The molecule has 5 nitrogen and oxygen atoms in total. The lowest BCUT2D eigenvalue weighted by molar-refractivity contribution is 0.356. The van der Waals surface area contributed by atoms with Gasteiger partial charge in [0.1, 0.15) is 12.1 Å². The normalized spacial score (nSPS) is 10.2. The second-order valence-corrected chi connectivity index (χ2v) is 3.88. The number of benzene rings is 1. The average molecular weight is 245 g/mol. The van der Waals surface area contributed by atoms with E-state index in [0.29, 0.717) is 23.0 Å². The largest absolute Gasteiger partial charge is 0.493 e. The van der Waals surface area contributed by atoms with Crippen molar-refractivity contribution in [3.8, 4) is 22.8 Å². The van der Waals surface area contributed by atoms with Gasteiger partial charge in [0.15, 0.2) is 11.5 Å². The van der Waals surface area contributed by atoms with Crippen LogP contribution < -0.4 is 15.2 Å². The van der Waals surface area contributed by atoms with Gasteiger partial charge in [-0.2, -0.15) is 0 Å². The standard InChI is InChI=1S/C13H15N3O2/c1-8-4-9(10-6-12(14)16-7-15-10)13(18-3)11(5-8)17-2/h4-7H,1-3H3,(H2,14,15,16). The molecule has 0 saturated carbocycles. The van der Waals surface area contributed by atoms with Gasteiger partial charge < -0.3 is 15.2 Å². The molecule has 0 fully saturated rings. The third kappa shape index (κ3) is 2.20. The van der Waals surface area contributed by atoms with Crippen LogP contribution in [0.25, 0.3) is 11.3 Å². The van der Waals surface area contributed by atoms with Crippen LogP contribution in [-0.2, 0) is 0 Å². The number of anilines is 1. The predicted octanol–water partition coefficient (Wildman–Crippen LogP) is 2.05. The molecule has 0 radical (unpaired) electrons. The quantitative estimate of drug-likeness (QED) is 0.896. The fraction of sp³-hybridized carbons (Fsp3) is 0.231. The maximum atomic E-state index is 5.67. The number of ether oxygens (including phenoxy) is 2. The molecule has 18 heavy (non-hydrogen) atoms. The minimum atomic E-state index is 0.419. The first kappa shape index (κ1) is 12.2. The molecule has 0 spiro atoms. The topological polar surface area (TPSA) is 70.3 Å². The molecular weight excluding hydrogens is 230 g/mol. The summed E-state index contributed by atoms with van der Waals surface area (Å²) in [6.45, 7) is 1.98. The molecule has 2 N–H and O–H groups in total. The van der Waals surface area contributed by atoms with Crippen LogP contribution in [0.1, 0.15) is 5.56 Å². The molecule has 0 aliphatic rings. The molecule has 0 aliphatic heterocycles. The lowest BCUT2D eigenvalue weighted by atomic mass is 10.1. The lowest BCUT2D eigenvalue weighted by Gasteiger charge is -2.13. The van der Waals surface area contributed by atoms with Crippen molar-refractivity contribution in [3.05, 3.63) is 30.1 Å². The van der Waals surface area contributed by atoms with Crippen molar-refractivity contribution in [2.45, 2.75) is 6.92 Å². The predicted molar refractivity (Wildman–Crippen MR) is 69.7 cm³/mol. The summed E-state index contributed by atoms with van der Waals surface area (Å²) in [4.78, 5) is 8.09. The van der Waals surface area contributed by atoms with Gasteiger partial charge in [0.05, 0.1) is 19.9 Å². The highest BCUT2D eigenvalue weighted by Gasteiger charge is 2.14. The summed E-state index contributed by atoms with van der Waals surface area (Å²) in [6.07, 6.45) is 1.43. The van der Waals surface area contributed by atoms with Crippen LogP contribution in [-0.4, -0.2) is 24.2 Å². The SMILES string of the molecule is COc1cc(C)cc(-c2cc(N)ncn2)c1OC. The molecule has 0 unspecified atom stereocenters. The van der Waals surface area contributed by atoms with Crippen LogP contribution >= 0.6 is 0 Å². The summed E-state index contributed by atoms with van der Waals surface area (Å²) < 4.78 is 10.7. The zero-order valence-electron chi connectivity index (χ0n) is 10.6. The van der Waals surface area contributed by atoms with Gasteiger partial charge >= 0.3 is 0 Å². The summed E-state index contributed by atoms with van der Waals surface area (Å²) in [6, 6.07) is 5.59. The van der Waals surface area contributed by atoms with Crippen LogP contribution in [0, 0.1) is 6.92 Å². The number of rotatable bonds is 3. The Labute approximate surface area is 106 Å². The highest BCUT2D eigenvalue weighted by Crippen LogP contribution is 2.38. The molecule has 0 aliphatic carbocycles. The summed E-state index contributed by atoms with van der Waals surface area (Å²) >= 11 is 0. The average Bonchev–Trinajstić information content (AvgIpc) is 2.37. The summed E-state index contributed by atoms with van der Waals surface area (Å²) in [5, 5.41) is 0. The Morgan fingerprint density at radius 1 is 1.06 bits per heavy atom. The van der Waals surface area contributed by atoms with Crippen molar-refractivity contribution in [1.82, 2.24) is 9.97 Å². The van der Waals surface area contributed by atoms with E-state index in [2.05, 4.69) is 9.97 Å². The van der Waals surface area contributed by atoms with Gasteiger partial charge in [0, 0.05) is 11.6 Å². The summed E-state index contributed by atoms with van der Waals surface area (Å²) in [5.41, 5.74) is 8.27. The molecule has 2 rings (SSSR count). The van der Waals surface area contributed by atoms with Crippen LogP contribution in [0.3, 0.4) is 0 Å². The first-order chi connectivity index (χ1) is 8.65. The van der Waals surface area contributed by atoms with Crippen LogP contribution in [0.5, 0.6) is 11.5 Å². The van der Waals surface area contributed by atoms with Crippen LogP contribution in [0.15, 0.2) is 24.5 Å². The van der Waals surface area contributed by atoms with Gasteiger partial charge in [-0.1, -0.05) is 0 Å². The van der Waals surface area contributed by atoms with Crippen molar-refractivity contribution in [2.75, 3.05) is 20.0 Å². The molecule has 94 valence electrons. The number of nitrogen functional groups attached to an aromatic ring is 1. The fourth-order valence-electron chi connectivity index (χ4n) is 1.81. The summed E-state index contributed by atoms with van der Waals surface area (Å²) in [7, 11) is 3.21. The van der Waals surface area contributed by atoms with E-state index in [0.717, 1.165) is 11.1 Å². The smallest absolute Gasteiger partial charge is 0.170 e. The number of aromatic nitrogens is 2. The Morgan fingerprint density at radius 2 is 1.83 bits per heavy atom. The van der Waals surface area contributed by atoms with Gasteiger partial charge in [-0.25, -0.2) is 9.97 Å². The molecule has 1 aromatic carbocycles. The van der Waals surface area contributed by atoms with Crippen LogP contribution in [0.2, 0.25) is 0 Å². The van der Waals surface area contributed by atoms with Crippen molar-refractivity contribution >= 4 is 5.82 Å². The summed E-state index contributed by atoms with van der Waals surface area (Å²) in [5.74, 6) is 1.73. The highest BCUT2D eigenvalue weighted by atomic mass is 16.5. The number of hydrogen-bond acceptors (Lipinski definition) is 5. The van der Waals surface area contributed by atoms with Gasteiger partial charge in [0.25, 0.3) is 0 Å². The first-order valence-corrected chi connectivity index (χ1v) is 5.46. The van der Waals surface area contributed by atoms with Gasteiger partial charge in [-0.3, -0.25) is 0 Å². The van der Waals surface area contributed by atoms with Gasteiger partial charge in [0.2, 0.25) is 0 Å². The van der Waals surface area contributed by atoms with Crippen molar-refractivity contribution < 1.29 is 9.47 Å². The Morgan fingerprint density at radius 3 is 2.44 bits per heavy atom. The fourth-order valence-corrected chi connectivity index (χ4v) is 1.81. The molecule has 1 heterocycles. The zero-order chi connectivity index (χ0) is 13.1. The third-order valence-corrected chi connectivity index (χ3v) is 2.59. The number of hydrogen-bond donors (Lipinski definition) is 1. The van der Waals surface area contributed by atoms with Crippen molar-refractivity contribution in [3.63, 3.8) is 0 Å². The minimum absolute atomic E-state index is 0.419. The number of aryl methyl sites for hydroxylation is 1. The number of nitrogens with two attached hydrogens (primary N) is 1. The molecule has 2 aromatic rings. The van der Waals surface area contributed by atoms with E-state index >= 15 is 0 Å². The number of methoxy groups -OCH3 is 2. The molecule has 0 amide bonds. The monoisotopic (exact) mass is 245 g/mol. The molecule has 0 bridgehead atoms. The van der Waals surface area contributed by atoms with E-state index in [9.17, 15) is 0 Å². The Hall–Kier alpha value is -2.30. The van der Waals surface area contributed by atoms with Crippen LogP contribution in [0.4, 0.5) is 5.82 Å².